The Morgan fingerprint density at radius 1 is 0.816 bits per heavy atom. The molecule has 1 fully saturated rings. The number of para-hydroxylation sites is 1. The van der Waals surface area contributed by atoms with Gasteiger partial charge in [-0.3, -0.25) is 4.79 Å². The molecule has 0 saturated carbocycles. The van der Waals surface area contributed by atoms with Gasteiger partial charge in [-0.05, 0) is 12.5 Å². The fraction of sp³-hybridized carbons (Fsp3) is 0.788. The first-order valence-corrected chi connectivity index (χ1v) is 16.0. The quantitative estimate of drug-likeness (QED) is 0.118. The molecule has 1 aliphatic heterocycles. The molecule has 0 radical (unpaired) electrons. The Morgan fingerprint density at radius 3 is 1.92 bits per heavy atom. The van der Waals surface area contributed by atoms with Gasteiger partial charge in [0.2, 0.25) is 5.91 Å². The Kier molecular flexibility index (Phi) is 18.2. The van der Waals surface area contributed by atoms with Gasteiger partial charge in [-0.1, -0.05) is 121 Å². The number of benzene rings is 1. The van der Waals surface area contributed by atoms with Crippen molar-refractivity contribution in [1.82, 2.24) is 5.32 Å². The molecule has 1 aliphatic rings. The van der Waals surface area contributed by atoms with Gasteiger partial charge in [0, 0.05) is 5.56 Å². The molecular weight excluding hydrogens is 472 g/mol. The zero-order valence-corrected chi connectivity index (χ0v) is 25.0. The van der Waals surface area contributed by atoms with Crippen LogP contribution in [0, 0.1) is 0 Å². The van der Waals surface area contributed by atoms with Crippen molar-refractivity contribution in [2.24, 2.45) is 0 Å². The first-order chi connectivity index (χ1) is 18.6. The number of rotatable bonds is 23. The van der Waals surface area contributed by atoms with Crippen molar-refractivity contribution >= 4 is 5.91 Å². The summed E-state index contributed by atoms with van der Waals surface area (Å²) in [5.41, 5.74) is 0.980. The highest BCUT2D eigenvalue weighted by Gasteiger charge is 2.24. The van der Waals surface area contributed by atoms with Crippen molar-refractivity contribution in [2.75, 3.05) is 53.0 Å². The van der Waals surface area contributed by atoms with Crippen LogP contribution in [0.2, 0.25) is 0 Å². The number of hydrogen-bond donors (Lipinski definition) is 1. The normalized spacial score (nSPS) is 14.9. The Bertz CT molecular complexity index is 718. The second-order valence-electron chi connectivity index (χ2n) is 11.7. The van der Waals surface area contributed by atoms with Gasteiger partial charge in [-0.2, -0.15) is 0 Å². The molecule has 0 aromatic heterocycles. The SMILES string of the molecule is CCCCCCCCCCCCCCCCCCOc1ccccc1CC(=O)NCC[N+]1(C)CCOCC1. The van der Waals surface area contributed by atoms with Gasteiger partial charge in [0.25, 0.3) is 0 Å². The number of amides is 1. The molecule has 38 heavy (non-hydrogen) atoms. The molecule has 0 unspecified atom stereocenters. The van der Waals surface area contributed by atoms with Crippen LogP contribution in [0.3, 0.4) is 0 Å². The molecule has 0 spiro atoms. The molecule has 5 heteroatoms. The number of ether oxygens (including phenoxy) is 2. The predicted octanol–water partition coefficient (Wildman–Crippen LogP) is 7.46. The number of hydrogen-bond acceptors (Lipinski definition) is 3. The first kappa shape index (κ1) is 32.6. The van der Waals surface area contributed by atoms with Gasteiger partial charge in [-0.15, -0.1) is 0 Å². The van der Waals surface area contributed by atoms with Crippen LogP contribution in [0.5, 0.6) is 5.75 Å². The van der Waals surface area contributed by atoms with Crippen LogP contribution in [0.15, 0.2) is 24.3 Å². The molecule has 0 bridgehead atoms. The van der Waals surface area contributed by atoms with E-state index in [4.69, 9.17) is 9.47 Å². The molecule has 1 N–H and O–H groups in total. The van der Waals surface area contributed by atoms with Gasteiger partial charge < -0.3 is 19.3 Å². The first-order valence-electron chi connectivity index (χ1n) is 16.0. The van der Waals surface area contributed by atoms with E-state index in [1.54, 1.807) is 0 Å². The van der Waals surface area contributed by atoms with Gasteiger partial charge >= 0.3 is 0 Å². The number of unbranched alkanes of at least 4 members (excludes halogenated alkanes) is 15. The van der Waals surface area contributed by atoms with Crippen LogP contribution in [0.25, 0.3) is 0 Å². The molecule has 0 atom stereocenters. The minimum absolute atomic E-state index is 0.0725. The summed E-state index contributed by atoms with van der Waals surface area (Å²) in [7, 11) is 2.25. The minimum Gasteiger partial charge on any atom is -0.493 e. The molecule has 1 amide bonds. The van der Waals surface area contributed by atoms with Crippen molar-refractivity contribution in [3.63, 3.8) is 0 Å². The number of nitrogens with one attached hydrogen (secondary N) is 1. The van der Waals surface area contributed by atoms with E-state index in [2.05, 4.69) is 19.3 Å². The van der Waals surface area contributed by atoms with Crippen LogP contribution >= 0.6 is 0 Å². The maximum absolute atomic E-state index is 12.5. The standard InChI is InChI=1S/C33H58N2O3/c1-3-4-5-6-7-8-9-10-11-12-13-14-15-16-17-20-27-38-32-22-19-18-21-31(32)30-33(36)34-23-24-35(2)25-28-37-29-26-35/h18-19,21-22H,3-17,20,23-30H2,1-2H3/p+1. The highest BCUT2D eigenvalue weighted by molar-refractivity contribution is 5.79. The largest absolute Gasteiger partial charge is 0.493 e. The summed E-state index contributed by atoms with van der Waals surface area (Å²) in [6.45, 7) is 8.34. The van der Waals surface area contributed by atoms with Crippen molar-refractivity contribution in [2.45, 2.75) is 116 Å². The number of carbonyl (C=O) groups excluding carboxylic acids is 1. The maximum Gasteiger partial charge on any atom is 0.224 e. The Labute approximate surface area is 234 Å². The summed E-state index contributed by atoms with van der Waals surface area (Å²) in [5.74, 6) is 0.930. The van der Waals surface area contributed by atoms with E-state index in [1.165, 1.54) is 96.3 Å². The van der Waals surface area contributed by atoms with Gasteiger partial charge in [-0.25, -0.2) is 0 Å². The number of carbonyl (C=O) groups is 1. The molecule has 1 saturated heterocycles. The van der Waals surface area contributed by atoms with E-state index in [9.17, 15) is 4.79 Å². The van der Waals surface area contributed by atoms with E-state index in [1.807, 2.05) is 24.3 Å². The van der Waals surface area contributed by atoms with Gasteiger partial charge in [0.1, 0.15) is 18.8 Å². The lowest BCUT2D eigenvalue weighted by Crippen LogP contribution is -2.54. The number of likely N-dealkylation sites (N-methyl/N-ethyl adjacent to an activating group) is 1. The lowest BCUT2D eigenvalue weighted by molar-refractivity contribution is -0.915. The van der Waals surface area contributed by atoms with Crippen molar-refractivity contribution < 1.29 is 18.8 Å². The topological polar surface area (TPSA) is 47.6 Å². The zero-order chi connectivity index (χ0) is 27.2. The van der Waals surface area contributed by atoms with E-state index in [-0.39, 0.29) is 5.91 Å². The molecule has 1 aromatic carbocycles. The summed E-state index contributed by atoms with van der Waals surface area (Å²) in [6, 6.07) is 7.99. The van der Waals surface area contributed by atoms with Gasteiger partial charge in [0.15, 0.2) is 0 Å². The highest BCUT2D eigenvalue weighted by Crippen LogP contribution is 2.19. The van der Waals surface area contributed by atoms with Crippen molar-refractivity contribution in [1.29, 1.82) is 0 Å². The number of nitrogens with zero attached hydrogens (tertiary/aromatic N) is 1. The lowest BCUT2D eigenvalue weighted by Gasteiger charge is -2.37. The van der Waals surface area contributed by atoms with E-state index >= 15 is 0 Å². The van der Waals surface area contributed by atoms with Crippen molar-refractivity contribution in [3.8, 4) is 5.75 Å². The van der Waals surface area contributed by atoms with Crippen LogP contribution in [0.4, 0.5) is 0 Å². The molecule has 2 rings (SSSR count). The Morgan fingerprint density at radius 2 is 1.34 bits per heavy atom. The average molecular weight is 532 g/mol. The third-order valence-electron chi connectivity index (χ3n) is 8.10. The summed E-state index contributed by atoms with van der Waals surface area (Å²) in [6.07, 6.45) is 22.3. The molecule has 1 aromatic rings. The summed E-state index contributed by atoms with van der Waals surface area (Å²) in [5, 5.41) is 3.11. The zero-order valence-electron chi connectivity index (χ0n) is 25.0. The fourth-order valence-corrected chi connectivity index (χ4v) is 5.33. The summed E-state index contributed by atoms with van der Waals surface area (Å²) in [4.78, 5) is 12.5. The Hall–Kier alpha value is -1.59. The average Bonchev–Trinajstić information content (AvgIpc) is 2.91. The Balaban J connectivity index is 1.44. The summed E-state index contributed by atoms with van der Waals surface area (Å²) >= 11 is 0. The van der Waals surface area contributed by atoms with E-state index < -0.39 is 0 Å². The van der Waals surface area contributed by atoms with Crippen LogP contribution in [-0.2, 0) is 16.0 Å². The molecule has 0 aliphatic carbocycles. The predicted molar refractivity (Wildman–Crippen MR) is 160 cm³/mol. The van der Waals surface area contributed by atoms with Crippen LogP contribution in [-0.4, -0.2) is 63.4 Å². The maximum atomic E-state index is 12.5. The third-order valence-corrected chi connectivity index (χ3v) is 8.10. The van der Waals surface area contributed by atoms with Crippen LogP contribution < -0.4 is 10.1 Å². The van der Waals surface area contributed by atoms with Gasteiger partial charge in [0.05, 0.1) is 46.4 Å². The molecular formula is C33H59N2O3+. The fourth-order valence-electron chi connectivity index (χ4n) is 5.33. The molecule has 1 heterocycles. The highest BCUT2D eigenvalue weighted by atomic mass is 16.5. The molecule has 218 valence electrons. The second-order valence-corrected chi connectivity index (χ2v) is 11.7. The minimum atomic E-state index is 0.0725. The van der Waals surface area contributed by atoms with Crippen LogP contribution in [0.1, 0.15) is 115 Å². The monoisotopic (exact) mass is 531 g/mol. The second kappa shape index (κ2) is 21.3. The number of quaternary nitrogens is 1. The third kappa shape index (κ3) is 15.7. The smallest absolute Gasteiger partial charge is 0.224 e. The summed E-state index contributed by atoms with van der Waals surface area (Å²) < 4.78 is 12.5. The van der Waals surface area contributed by atoms with E-state index in [0.717, 1.165) is 61.7 Å². The lowest BCUT2D eigenvalue weighted by atomic mass is 10.0. The molecule has 5 nitrogen and oxygen atoms in total. The van der Waals surface area contributed by atoms with Crippen molar-refractivity contribution in [3.05, 3.63) is 29.8 Å². The van der Waals surface area contributed by atoms with E-state index in [0.29, 0.717) is 13.0 Å². The number of morpholine rings is 1.